The Bertz CT molecular complexity index is 342. The Hall–Kier alpha value is -0.320. The summed E-state index contributed by atoms with van der Waals surface area (Å²) in [6.07, 6.45) is 2.54. The van der Waals surface area contributed by atoms with Gasteiger partial charge in [0.1, 0.15) is 0 Å². The first-order valence-electron chi connectivity index (χ1n) is 5.62. The largest absolute Gasteiger partial charge is 0.347 e. The highest BCUT2D eigenvalue weighted by Crippen LogP contribution is 2.25. The molecule has 1 saturated heterocycles. The zero-order chi connectivity index (χ0) is 11.5. The Morgan fingerprint density at radius 1 is 1.69 bits per heavy atom. The van der Waals surface area contributed by atoms with Crippen LogP contribution in [0, 0.1) is 0 Å². The SMILES string of the molecule is CN1CCCC(N(C)c2nc(CCl)cs2)C1. The first-order valence-corrected chi connectivity index (χ1v) is 7.04. The number of hydrogen-bond acceptors (Lipinski definition) is 4. The zero-order valence-electron chi connectivity index (χ0n) is 9.82. The maximum atomic E-state index is 5.77. The molecule has 90 valence electrons. The molecule has 0 aliphatic carbocycles. The van der Waals surface area contributed by atoms with Crippen LogP contribution in [0.4, 0.5) is 5.13 Å². The Morgan fingerprint density at radius 3 is 3.12 bits per heavy atom. The molecule has 0 aromatic carbocycles. The molecule has 1 atom stereocenters. The summed E-state index contributed by atoms with van der Waals surface area (Å²) in [4.78, 5) is 9.21. The van der Waals surface area contributed by atoms with Crippen molar-refractivity contribution in [2.75, 3.05) is 32.1 Å². The van der Waals surface area contributed by atoms with Crippen LogP contribution in [0.2, 0.25) is 0 Å². The van der Waals surface area contributed by atoms with Crippen molar-refractivity contribution in [1.82, 2.24) is 9.88 Å². The van der Waals surface area contributed by atoms with E-state index in [1.54, 1.807) is 11.3 Å². The molecule has 0 spiro atoms. The third kappa shape index (κ3) is 2.67. The fourth-order valence-corrected chi connectivity index (χ4v) is 3.22. The highest BCUT2D eigenvalue weighted by atomic mass is 35.5. The van der Waals surface area contributed by atoms with Gasteiger partial charge in [0, 0.05) is 25.0 Å². The van der Waals surface area contributed by atoms with Gasteiger partial charge in [0.15, 0.2) is 5.13 Å². The van der Waals surface area contributed by atoms with Gasteiger partial charge in [-0.1, -0.05) is 0 Å². The predicted octanol–water partition coefficient (Wildman–Crippen LogP) is 2.41. The van der Waals surface area contributed by atoms with Crippen molar-refractivity contribution in [3.63, 3.8) is 0 Å². The lowest BCUT2D eigenvalue weighted by atomic mass is 10.1. The second kappa shape index (κ2) is 5.34. The fourth-order valence-electron chi connectivity index (χ4n) is 2.13. The minimum absolute atomic E-state index is 0.509. The third-order valence-corrected chi connectivity index (χ3v) is 4.38. The van der Waals surface area contributed by atoms with E-state index in [1.807, 2.05) is 5.38 Å². The maximum Gasteiger partial charge on any atom is 0.185 e. The first-order chi connectivity index (χ1) is 7.70. The molecule has 2 rings (SSSR count). The van der Waals surface area contributed by atoms with Gasteiger partial charge in [-0.15, -0.1) is 22.9 Å². The number of thiazole rings is 1. The number of likely N-dealkylation sites (N-methyl/N-ethyl adjacent to an activating group) is 2. The van der Waals surface area contributed by atoms with Crippen LogP contribution in [0.1, 0.15) is 18.5 Å². The number of anilines is 1. The summed E-state index contributed by atoms with van der Waals surface area (Å²) in [6, 6.07) is 0.591. The lowest BCUT2D eigenvalue weighted by Crippen LogP contribution is -2.45. The predicted molar refractivity (Wildman–Crippen MR) is 70.6 cm³/mol. The van der Waals surface area contributed by atoms with Gasteiger partial charge >= 0.3 is 0 Å². The first kappa shape index (κ1) is 12.1. The topological polar surface area (TPSA) is 19.4 Å². The lowest BCUT2D eigenvalue weighted by molar-refractivity contribution is 0.248. The van der Waals surface area contributed by atoms with Crippen LogP contribution in [0.3, 0.4) is 0 Å². The van der Waals surface area contributed by atoms with Gasteiger partial charge < -0.3 is 9.80 Å². The van der Waals surface area contributed by atoms with Crippen LogP contribution < -0.4 is 4.90 Å². The van der Waals surface area contributed by atoms with Crippen LogP contribution >= 0.6 is 22.9 Å². The number of rotatable bonds is 3. The van der Waals surface area contributed by atoms with E-state index < -0.39 is 0 Å². The van der Waals surface area contributed by atoms with Crippen molar-refractivity contribution >= 4 is 28.1 Å². The van der Waals surface area contributed by atoms with Crippen LogP contribution in [0.25, 0.3) is 0 Å². The zero-order valence-corrected chi connectivity index (χ0v) is 11.4. The summed E-state index contributed by atoms with van der Waals surface area (Å²) in [7, 11) is 4.33. The standard InChI is InChI=1S/C11H18ClN3S/c1-14-5-3-4-10(7-14)15(2)11-13-9(6-12)8-16-11/h8,10H,3-7H2,1-2H3. The van der Waals surface area contributed by atoms with E-state index in [0.717, 1.165) is 17.4 Å². The van der Waals surface area contributed by atoms with E-state index in [4.69, 9.17) is 11.6 Å². The molecule has 0 bridgehead atoms. The van der Waals surface area contributed by atoms with Crippen molar-refractivity contribution in [1.29, 1.82) is 0 Å². The van der Waals surface area contributed by atoms with Gasteiger partial charge in [-0.3, -0.25) is 0 Å². The van der Waals surface area contributed by atoms with Crippen molar-refractivity contribution in [3.8, 4) is 0 Å². The molecule has 1 aliphatic rings. The van der Waals surface area contributed by atoms with Crippen LogP contribution in [-0.2, 0) is 5.88 Å². The number of aromatic nitrogens is 1. The molecule has 5 heteroatoms. The normalized spacial score (nSPS) is 22.3. The number of nitrogens with zero attached hydrogens (tertiary/aromatic N) is 3. The Balaban J connectivity index is 2.02. The molecule has 1 unspecified atom stereocenters. The fraction of sp³-hybridized carbons (Fsp3) is 0.727. The van der Waals surface area contributed by atoms with Crippen molar-refractivity contribution in [2.45, 2.75) is 24.8 Å². The molecule has 0 saturated carbocycles. The quantitative estimate of drug-likeness (QED) is 0.778. The highest BCUT2D eigenvalue weighted by Gasteiger charge is 2.22. The molecular weight excluding hydrogens is 242 g/mol. The van der Waals surface area contributed by atoms with E-state index in [2.05, 4.69) is 28.9 Å². The molecular formula is C11H18ClN3S. The van der Waals surface area contributed by atoms with Gasteiger partial charge in [0.2, 0.25) is 0 Å². The molecule has 2 heterocycles. The van der Waals surface area contributed by atoms with E-state index in [0.29, 0.717) is 11.9 Å². The third-order valence-electron chi connectivity index (χ3n) is 3.13. The van der Waals surface area contributed by atoms with E-state index in [-0.39, 0.29) is 0 Å². The molecule has 0 amide bonds. The van der Waals surface area contributed by atoms with Crippen molar-refractivity contribution in [3.05, 3.63) is 11.1 Å². The summed E-state index contributed by atoms with van der Waals surface area (Å²) in [5.41, 5.74) is 0.984. The molecule has 1 fully saturated rings. The number of halogens is 1. The second-order valence-electron chi connectivity index (χ2n) is 4.42. The Labute approximate surface area is 106 Å². The van der Waals surface area contributed by atoms with Gasteiger partial charge in [-0.05, 0) is 26.4 Å². The highest BCUT2D eigenvalue weighted by molar-refractivity contribution is 7.13. The molecule has 0 N–H and O–H groups in total. The van der Waals surface area contributed by atoms with E-state index >= 15 is 0 Å². The molecule has 1 aromatic heterocycles. The average molecular weight is 260 g/mol. The minimum atomic E-state index is 0.509. The van der Waals surface area contributed by atoms with Gasteiger partial charge in [0.05, 0.1) is 11.6 Å². The number of hydrogen-bond donors (Lipinski definition) is 0. The summed E-state index contributed by atoms with van der Waals surface area (Å²) in [5, 5.41) is 3.14. The monoisotopic (exact) mass is 259 g/mol. The molecule has 1 aliphatic heterocycles. The minimum Gasteiger partial charge on any atom is -0.347 e. The molecule has 16 heavy (non-hydrogen) atoms. The summed E-state index contributed by atoms with van der Waals surface area (Å²) in [5.74, 6) is 0.509. The maximum absolute atomic E-state index is 5.77. The smallest absolute Gasteiger partial charge is 0.185 e. The summed E-state index contributed by atoms with van der Waals surface area (Å²) >= 11 is 7.46. The van der Waals surface area contributed by atoms with Crippen LogP contribution in [0.15, 0.2) is 5.38 Å². The van der Waals surface area contributed by atoms with Crippen molar-refractivity contribution in [2.24, 2.45) is 0 Å². The lowest BCUT2D eigenvalue weighted by Gasteiger charge is -2.35. The number of likely N-dealkylation sites (tertiary alicyclic amines) is 1. The molecule has 0 radical (unpaired) electrons. The summed E-state index contributed by atoms with van der Waals surface area (Å²) < 4.78 is 0. The number of alkyl halides is 1. The average Bonchev–Trinajstić information content (AvgIpc) is 2.76. The van der Waals surface area contributed by atoms with Gasteiger partial charge in [-0.2, -0.15) is 0 Å². The van der Waals surface area contributed by atoms with Crippen molar-refractivity contribution < 1.29 is 0 Å². The molecule has 3 nitrogen and oxygen atoms in total. The van der Waals surface area contributed by atoms with Gasteiger partial charge in [0.25, 0.3) is 0 Å². The van der Waals surface area contributed by atoms with E-state index in [9.17, 15) is 0 Å². The molecule has 1 aromatic rings. The Morgan fingerprint density at radius 2 is 2.50 bits per heavy atom. The number of piperidine rings is 1. The Kier molecular flexibility index (Phi) is 4.05. The van der Waals surface area contributed by atoms with Crippen LogP contribution in [0.5, 0.6) is 0 Å². The van der Waals surface area contributed by atoms with Crippen LogP contribution in [-0.4, -0.2) is 43.1 Å². The van der Waals surface area contributed by atoms with E-state index in [1.165, 1.54) is 19.4 Å². The summed E-state index contributed by atoms with van der Waals surface area (Å²) in [6.45, 7) is 2.35. The van der Waals surface area contributed by atoms with Gasteiger partial charge in [-0.25, -0.2) is 4.98 Å². The second-order valence-corrected chi connectivity index (χ2v) is 5.53.